The normalized spacial score (nSPS) is 11.3. The van der Waals surface area contributed by atoms with Gasteiger partial charge in [-0.25, -0.2) is 18.4 Å². The van der Waals surface area contributed by atoms with Gasteiger partial charge in [-0.2, -0.15) is 5.26 Å². The summed E-state index contributed by atoms with van der Waals surface area (Å²) in [6, 6.07) is 11.5. The number of aromatic amines is 1. The molecular weight excluding hydrogens is 426 g/mol. The predicted molar refractivity (Wildman–Crippen MR) is 124 cm³/mol. The summed E-state index contributed by atoms with van der Waals surface area (Å²) in [5.41, 5.74) is 5.02. The number of nitrogens with one attached hydrogen (secondary N) is 2. The monoisotopic (exact) mass is 447 g/mol. The van der Waals surface area contributed by atoms with Crippen molar-refractivity contribution in [3.8, 4) is 17.3 Å². The summed E-state index contributed by atoms with van der Waals surface area (Å²) in [7, 11) is -2.01. The molecule has 0 fully saturated rings. The van der Waals surface area contributed by atoms with E-state index in [-0.39, 0.29) is 6.54 Å². The summed E-state index contributed by atoms with van der Waals surface area (Å²) in [6.45, 7) is 2.19. The van der Waals surface area contributed by atoms with Gasteiger partial charge in [-0.1, -0.05) is 6.07 Å². The van der Waals surface area contributed by atoms with Gasteiger partial charge in [0.2, 0.25) is 10.0 Å². The third-order valence-electron chi connectivity index (χ3n) is 5.11. The van der Waals surface area contributed by atoms with Crippen molar-refractivity contribution in [2.75, 3.05) is 22.9 Å². The Bertz CT molecular complexity index is 1450. The molecule has 0 bridgehead atoms. The molecule has 4 aromatic heterocycles. The predicted octanol–water partition coefficient (Wildman–Crippen LogP) is 3.21. The maximum Gasteiger partial charge on any atom is 0.233 e. The highest BCUT2D eigenvalue weighted by Crippen LogP contribution is 2.31. The standard InChI is InChI=1S/C22H21N7O2S/c1-14-9-15(6-8-24-14)19-10-18-20(17(11-23)13-27-21(18)28-19)26-12-16-5-4-7-25-22(16)29(2)32(3,30)31/h4-10,13H,12H2,1-3H3,(H2,26,27,28). The lowest BCUT2D eigenvalue weighted by Gasteiger charge is -2.19. The van der Waals surface area contributed by atoms with E-state index in [1.54, 1.807) is 24.5 Å². The molecule has 0 amide bonds. The second-order valence-electron chi connectivity index (χ2n) is 7.36. The number of pyridine rings is 3. The van der Waals surface area contributed by atoms with Gasteiger partial charge in [0.05, 0.1) is 17.5 Å². The molecule has 4 rings (SSSR count). The maximum atomic E-state index is 12.0. The average molecular weight is 448 g/mol. The van der Waals surface area contributed by atoms with Gasteiger partial charge in [0.15, 0.2) is 0 Å². The maximum absolute atomic E-state index is 12.0. The minimum atomic E-state index is -3.47. The van der Waals surface area contributed by atoms with Crippen molar-refractivity contribution in [3.63, 3.8) is 0 Å². The molecule has 0 atom stereocenters. The zero-order chi connectivity index (χ0) is 22.9. The van der Waals surface area contributed by atoms with Gasteiger partial charge < -0.3 is 10.3 Å². The first-order chi connectivity index (χ1) is 15.3. The number of nitriles is 1. The van der Waals surface area contributed by atoms with Crippen molar-refractivity contribution in [1.29, 1.82) is 5.26 Å². The van der Waals surface area contributed by atoms with E-state index in [0.29, 0.717) is 28.3 Å². The summed E-state index contributed by atoms with van der Waals surface area (Å²) in [6.07, 6.45) is 5.92. The van der Waals surface area contributed by atoms with E-state index in [1.807, 2.05) is 25.1 Å². The Kier molecular flexibility index (Phi) is 5.50. The first kappa shape index (κ1) is 21.3. The highest BCUT2D eigenvalue weighted by molar-refractivity contribution is 7.92. The summed E-state index contributed by atoms with van der Waals surface area (Å²) >= 11 is 0. The van der Waals surface area contributed by atoms with Crippen molar-refractivity contribution in [2.45, 2.75) is 13.5 Å². The van der Waals surface area contributed by atoms with Crippen LogP contribution < -0.4 is 9.62 Å². The second-order valence-corrected chi connectivity index (χ2v) is 9.37. The minimum Gasteiger partial charge on any atom is -0.379 e. The van der Waals surface area contributed by atoms with Gasteiger partial charge >= 0.3 is 0 Å². The number of hydrogen-bond acceptors (Lipinski definition) is 7. The molecule has 4 aromatic rings. The number of anilines is 2. The number of aryl methyl sites for hydroxylation is 1. The molecule has 0 aliphatic rings. The zero-order valence-electron chi connectivity index (χ0n) is 17.8. The largest absolute Gasteiger partial charge is 0.379 e. The quantitative estimate of drug-likeness (QED) is 0.464. The molecule has 0 spiro atoms. The Balaban J connectivity index is 1.73. The van der Waals surface area contributed by atoms with E-state index < -0.39 is 10.0 Å². The highest BCUT2D eigenvalue weighted by atomic mass is 32.2. The van der Waals surface area contributed by atoms with Gasteiger partial charge in [0.1, 0.15) is 17.5 Å². The third-order valence-corrected chi connectivity index (χ3v) is 6.27. The van der Waals surface area contributed by atoms with Gasteiger partial charge in [0, 0.05) is 60.1 Å². The van der Waals surface area contributed by atoms with Crippen LogP contribution in [0.3, 0.4) is 0 Å². The van der Waals surface area contributed by atoms with Crippen LogP contribution in [0.1, 0.15) is 16.8 Å². The van der Waals surface area contributed by atoms with Crippen molar-refractivity contribution < 1.29 is 8.42 Å². The van der Waals surface area contributed by atoms with Gasteiger partial charge in [-0.05, 0) is 31.2 Å². The SMILES string of the molecule is Cc1cc(-c2cc3c(NCc4cccnc4N(C)S(C)(=O)=O)c(C#N)cnc3[nH]2)ccn1. The molecule has 0 saturated carbocycles. The lowest BCUT2D eigenvalue weighted by atomic mass is 10.1. The Morgan fingerprint density at radius 1 is 1.19 bits per heavy atom. The van der Waals surface area contributed by atoms with E-state index in [4.69, 9.17) is 0 Å². The van der Waals surface area contributed by atoms with Crippen molar-refractivity contribution in [1.82, 2.24) is 19.9 Å². The Morgan fingerprint density at radius 3 is 2.72 bits per heavy atom. The van der Waals surface area contributed by atoms with Crippen molar-refractivity contribution in [2.24, 2.45) is 0 Å². The number of rotatable bonds is 6. The number of fused-ring (bicyclic) bond motifs is 1. The van der Waals surface area contributed by atoms with Crippen molar-refractivity contribution in [3.05, 3.63) is 65.7 Å². The Labute approximate surface area is 185 Å². The van der Waals surface area contributed by atoms with Crippen LogP contribution in [0.5, 0.6) is 0 Å². The van der Waals surface area contributed by atoms with Crippen LogP contribution in [0.4, 0.5) is 11.5 Å². The smallest absolute Gasteiger partial charge is 0.233 e. The van der Waals surface area contributed by atoms with E-state index >= 15 is 0 Å². The molecule has 0 unspecified atom stereocenters. The topological polar surface area (TPSA) is 128 Å². The summed E-state index contributed by atoms with van der Waals surface area (Å²) in [5.74, 6) is 0.327. The Hall–Kier alpha value is -3.97. The number of aromatic nitrogens is 4. The van der Waals surface area contributed by atoms with Crippen LogP contribution in [-0.2, 0) is 16.6 Å². The lowest BCUT2D eigenvalue weighted by molar-refractivity contribution is 0.599. The minimum absolute atomic E-state index is 0.270. The summed E-state index contributed by atoms with van der Waals surface area (Å²) < 4.78 is 25.1. The summed E-state index contributed by atoms with van der Waals surface area (Å²) in [5, 5.41) is 13.7. The van der Waals surface area contributed by atoms with E-state index in [0.717, 1.165) is 32.9 Å². The third kappa shape index (κ3) is 4.10. The van der Waals surface area contributed by atoms with Gasteiger partial charge in [0.25, 0.3) is 0 Å². The molecule has 0 aliphatic carbocycles. The molecule has 0 aliphatic heterocycles. The fourth-order valence-electron chi connectivity index (χ4n) is 3.41. The van der Waals surface area contributed by atoms with E-state index in [2.05, 4.69) is 31.3 Å². The number of hydrogen-bond donors (Lipinski definition) is 2. The molecule has 0 saturated heterocycles. The molecule has 162 valence electrons. The first-order valence-electron chi connectivity index (χ1n) is 9.74. The second kappa shape index (κ2) is 8.28. The zero-order valence-corrected chi connectivity index (χ0v) is 18.6. The van der Waals surface area contributed by atoms with Crippen molar-refractivity contribution >= 4 is 32.6 Å². The van der Waals surface area contributed by atoms with Crippen LogP contribution in [0, 0.1) is 18.3 Å². The Morgan fingerprint density at radius 2 is 2.00 bits per heavy atom. The van der Waals surface area contributed by atoms with Crippen LogP contribution >= 0.6 is 0 Å². The van der Waals surface area contributed by atoms with Crippen LogP contribution in [0.2, 0.25) is 0 Å². The molecule has 0 aromatic carbocycles. The molecule has 4 heterocycles. The first-order valence-corrected chi connectivity index (χ1v) is 11.6. The van der Waals surface area contributed by atoms with Crippen LogP contribution in [-0.4, -0.2) is 41.7 Å². The number of nitrogens with zero attached hydrogens (tertiary/aromatic N) is 5. The highest BCUT2D eigenvalue weighted by Gasteiger charge is 2.18. The number of H-pyrrole nitrogens is 1. The van der Waals surface area contributed by atoms with Gasteiger partial charge in [-0.15, -0.1) is 0 Å². The fraction of sp³-hybridized carbons (Fsp3) is 0.182. The number of sulfonamides is 1. The molecule has 0 radical (unpaired) electrons. The van der Waals surface area contributed by atoms with E-state index in [9.17, 15) is 13.7 Å². The lowest BCUT2D eigenvalue weighted by Crippen LogP contribution is -2.27. The molecular formula is C22H21N7O2S. The van der Waals surface area contributed by atoms with Gasteiger partial charge in [-0.3, -0.25) is 9.29 Å². The molecule has 32 heavy (non-hydrogen) atoms. The van der Waals surface area contributed by atoms with Crippen LogP contribution in [0.25, 0.3) is 22.3 Å². The summed E-state index contributed by atoms with van der Waals surface area (Å²) in [4.78, 5) is 16.1. The fourth-order valence-corrected chi connectivity index (χ4v) is 3.89. The average Bonchev–Trinajstić information content (AvgIpc) is 3.21. The molecule has 10 heteroatoms. The van der Waals surface area contributed by atoms with E-state index in [1.165, 1.54) is 13.2 Å². The molecule has 2 N–H and O–H groups in total. The van der Waals surface area contributed by atoms with Crippen LogP contribution in [0.15, 0.2) is 48.9 Å². The molecule has 9 nitrogen and oxygen atoms in total.